The van der Waals surface area contributed by atoms with E-state index in [-0.39, 0.29) is 4.87 Å². The van der Waals surface area contributed by atoms with Crippen molar-refractivity contribution in [2.75, 3.05) is 6.54 Å². The van der Waals surface area contributed by atoms with E-state index in [1.807, 2.05) is 0 Å². The lowest BCUT2D eigenvalue weighted by atomic mass is 9.90. The summed E-state index contributed by atoms with van der Waals surface area (Å²) in [6.45, 7) is 1.00. The van der Waals surface area contributed by atoms with Crippen LogP contribution in [0.4, 0.5) is 0 Å². The van der Waals surface area contributed by atoms with Crippen molar-refractivity contribution in [3.8, 4) is 5.75 Å². The SMILES string of the molecule is O=COc1ccc(C[C@@H](O)NCCc2ccc3c(c2)CCCC3)c2sc(=O)[nH]c12. The van der Waals surface area contributed by atoms with Crippen molar-refractivity contribution >= 4 is 28.0 Å². The second-order valence-electron chi connectivity index (χ2n) is 7.39. The predicted molar refractivity (Wildman–Crippen MR) is 114 cm³/mol. The summed E-state index contributed by atoms with van der Waals surface area (Å²) in [4.78, 5) is 24.9. The van der Waals surface area contributed by atoms with Gasteiger partial charge in [-0.15, -0.1) is 0 Å². The molecule has 7 heteroatoms. The summed E-state index contributed by atoms with van der Waals surface area (Å²) in [6, 6.07) is 10.1. The summed E-state index contributed by atoms with van der Waals surface area (Å²) in [5, 5.41) is 13.6. The maximum atomic E-state index is 11.8. The molecule has 1 heterocycles. The molecule has 4 rings (SSSR count). The minimum atomic E-state index is -0.731. The van der Waals surface area contributed by atoms with Crippen LogP contribution in [0.3, 0.4) is 0 Å². The molecule has 0 saturated carbocycles. The largest absolute Gasteiger partial charge is 0.426 e. The van der Waals surface area contributed by atoms with E-state index in [1.165, 1.54) is 42.4 Å². The Morgan fingerprint density at radius 2 is 2.03 bits per heavy atom. The first-order valence-electron chi connectivity index (χ1n) is 9.91. The van der Waals surface area contributed by atoms with Gasteiger partial charge in [0.15, 0.2) is 5.75 Å². The zero-order valence-electron chi connectivity index (χ0n) is 16.1. The molecule has 3 N–H and O–H groups in total. The zero-order chi connectivity index (χ0) is 20.2. The van der Waals surface area contributed by atoms with E-state index in [9.17, 15) is 14.7 Å². The standard InChI is InChI=1S/C22H24N2O4S/c25-13-28-18-8-7-17(21-20(18)24-22(27)29-21)12-19(26)23-10-9-14-5-6-15-3-1-2-4-16(15)11-14/h5-8,11,13,19,23,26H,1-4,9-10,12H2,(H,24,27)/t19-/m1/s1. The fraction of sp³-hybridized carbons (Fsp3) is 0.364. The van der Waals surface area contributed by atoms with Gasteiger partial charge in [-0.05, 0) is 60.4 Å². The average Bonchev–Trinajstić information content (AvgIpc) is 3.12. The molecule has 1 aliphatic carbocycles. The van der Waals surface area contributed by atoms with Crippen molar-refractivity contribution in [2.45, 2.75) is 44.8 Å². The molecule has 0 spiro atoms. The van der Waals surface area contributed by atoms with E-state index in [4.69, 9.17) is 4.74 Å². The zero-order valence-corrected chi connectivity index (χ0v) is 16.9. The molecule has 0 amide bonds. The molecule has 0 bridgehead atoms. The first-order chi connectivity index (χ1) is 14.1. The van der Waals surface area contributed by atoms with Gasteiger partial charge in [0.2, 0.25) is 0 Å². The van der Waals surface area contributed by atoms with Crippen molar-refractivity contribution in [1.29, 1.82) is 0 Å². The third kappa shape index (κ3) is 4.58. The van der Waals surface area contributed by atoms with Crippen LogP contribution in [0.25, 0.3) is 10.2 Å². The number of aryl methyl sites for hydroxylation is 2. The highest BCUT2D eigenvalue weighted by atomic mass is 32.1. The number of hydrogen-bond acceptors (Lipinski definition) is 6. The van der Waals surface area contributed by atoms with Crippen LogP contribution in [0.1, 0.15) is 35.1 Å². The van der Waals surface area contributed by atoms with Crippen LogP contribution in [-0.2, 0) is 30.5 Å². The van der Waals surface area contributed by atoms with Gasteiger partial charge in [-0.2, -0.15) is 0 Å². The molecule has 1 atom stereocenters. The average molecular weight is 413 g/mol. The second-order valence-corrected chi connectivity index (χ2v) is 8.37. The summed E-state index contributed by atoms with van der Waals surface area (Å²) < 4.78 is 5.62. The molecule has 1 aromatic heterocycles. The Hall–Kier alpha value is -2.48. The summed E-state index contributed by atoms with van der Waals surface area (Å²) in [5.41, 5.74) is 5.55. The number of nitrogens with one attached hydrogen (secondary N) is 2. The summed E-state index contributed by atoms with van der Waals surface area (Å²) >= 11 is 1.05. The van der Waals surface area contributed by atoms with Gasteiger partial charge in [-0.25, -0.2) is 0 Å². The van der Waals surface area contributed by atoms with Gasteiger partial charge in [0, 0.05) is 13.0 Å². The lowest BCUT2D eigenvalue weighted by molar-refractivity contribution is -0.120. The summed E-state index contributed by atoms with van der Waals surface area (Å²) in [5.74, 6) is 0.312. The lowest BCUT2D eigenvalue weighted by Crippen LogP contribution is -2.32. The van der Waals surface area contributed by atoms with Crippen LogP contribution < -0.4 is 14.9 Å². The topological polar surface area (TPSA) is 91.4 Å². The molecule has 0 fully saturated rings. The van der Waals surface area contributed by atoms with E-state index >= 15 is 0 Å². The Labute approximate surface area is 172 Å². The highest BCUT2D eigenvalue weighted by Gasteiger charge is 2.15. The molecule has 0 saturated heterocycles. The fourth-order valence-corrected chi connectivity index (χ4v) is 4.85. The third-order valence-electron chi connectivity index (χ3n) is 5.42. The number of fused-ring (bicyclic) bond motifs is 2. The Morgan fingerprint density at radius 1 is 1.21 bits per heavy atom. The number of aromatic amines is 1. The van der Waals surface area contributed by atoms with Gasteiger partial charge in [-0.3, -0.25) is 14.9 Å². The van der Waals surface area contributed by atoms with Crippen molar-refractivity contribution in [2.24, 2.45) is 0 Å². The maximum Gasteiger partial charge on any atom is 0.305 e. The van der Waals surface area contributed by atoms with Crippen LogP contribution in [0.5, 0.6) is 5.75 Å². The van der Waals surface area contributed by atoms with E-state index in [1.54, 1.807) is 12.1 Å². The lowest BCUT2D eigenvalue weighted by Gasteiger charge is -2.17. The Bertz CT molecular complexity index is 1070. The quantitative estimate of drug-likeness (QED) is 0.391. The van der Waals surface area contributed by atoms with Crippen LogP contribution in [0, 0.1) is 0 Å². The molecule has 6 nitrogen and oxygen atoms in total. The molecule has 3 aromatic rings. The Balaban J connectivity index is 1.37. The third-order valence-corrected chi connectivity index (χ3v) is 6.38. The number of benzene rings is 2. The molecule has 0 unspecified atom stereocenters. The molecule has 29 heavy (non-hydrogen) atoms. The smallest absolute Gasteiger partial charge is 0.305 e. The summed E-state index contributed by atoms with van der Waals surface area (Å²) in [7, 11) is 0. The number of aliphatic hydroxyl groups is 1. The van der Waals surface area contributed by atoms with E-state index in [0.717, 1.165) is 23.3 Å². The van der Waals surface area contributed by atoms with Gasteiger partial charge >= 0.3 is 4.87 Å². The first-order valence-corrected chi connectivity index (χ1v) is 10.7. The number of carbonyl (C=O) groups excluding carboxylic acids is 1. The number of carbonyl (C=O) groups is 1. The number of aromatic nitrogens is 1. The maximum absolute atomic E-state index is 11.8. The molecule has 0 aliphatic heterocycles. The highest BCUT2D eigenvalue weighted by molar-refractivity contribution is 7.16. The first kappa shape index (κ1) is 19.8. The molecule has 1 aliphatic rings. The van der Waals surface area contributed by atoms with Gasteiger partial charge in [0.1, 0.15) is 11.7 Å². The molecule has 2 aromatic carbocycles. The summed E-state index contributed by atoms with van der Waals surface area (Å²) in [6.07, 6.45) is 5.38. The number of aliphatic hydroxyl groups excluding tert-OH is 1. The van der Waals surface area contributed by atoms with Gasteiger partial charge < -0.3 is 14.8 Å². The number of H-pyrrole nitrogens is 1. The van der Waals surface area contributed by atoms with E-state index in [0.29, 0.717) is 35.4 Å². The van der Waals surface area contributed by atoms with Crippen molar-refractivity contribution < 1.29 is 14.6 Å². The minimum absolute atomic E-state index is 0.224. The van der Waals surface area contributed by atoms with Crippen molar-refractivity contribution in [3.63, 3.8) is 0 Å². The van der Waals surface area contributed by atoms with Gasteiger partial charge in [0.05, 0.1) is 4.70 Å². The highest BCUT2D eigenvalue weighted by Crippen LogP contribution is 2.29. The second kappa shape index (κ2) is 8.90. The minimum Gasteiger partial charge on any atom is -0.426 e. The van der Waals surface area contributed by atoms with Gasteiger partial charge in [0.25, 0.3) is 6.47 Å². The molecule has 0 radical (unpaired) electrons. The molecular formula is C22H24N2O4S. The van der Waals surface area contributed by atoms with Crippen molar-refractivity contribution in [3.05, 3.63) is 62.3 Å². The number of ether oxygens (including phenoxy) is 1. The van der Waals surface area contributed by atoms with Crippen LogP contribution in [-0.4, -0.2) is 29.3 Å². The number of thiazole rings is 1. The number of rotatable bonds is 8. The van der Waals surface area contributed by atoms with Crippen LogP contribution in [0.15, 0.2) is 35.1 Å². The Kier molecular flexibility index (Phi) is 6.08. The normalized spacial score (nSPS) is 14.5. The van der Waals surface area contributed by atoms with Gasteiger partial charge in [-0.1, -0.05) is 35.6 Å². The molecular weight excluding hydrogens is 388 g/mol. The molecule has 152 valence electrons. The monoisotopic (exact) mass is 412 g/mol. The fourth-order valence-electron chi connectivity index (χ4n) is 3.98. The van der Waals surface area contributed by atoms with Crippen LogP contribution >= 0.6 is 11.3 Å². The van der Waals surface area contributed by atoms with E-state index < -0.39 is 6.23 Å². The van der Waals surface area contributed by atoms with Crippen LogP contribution in [0.2, 0.25) is 0 Å². The predicted octanol–water partition coefficient (Wildman–Crippen LogP) is 2.70. The van der Waals surface area contributed by atoms with E-state index in [2.05, 4.69) is 28.5 Å². The number of hydrogen-bond donors (Lipinski definition) is 3. The van der Waals surface area contributed by atoms with Crippen molar-refractivity contribution in [1.82, 2.24) is 10.3 Å². The Morgan fingerprint density at radius 3 is 2.86 bits per heavy atom.